The summed E-state index contributed by atoms with van der Waals surface area (Å²) in [6.07, 6.45) is 8.28. The zero-order valence-corrected chi connectivity index (χ0v) is 7.66. The summed E-state index contributed by atoms with van der Waals surface area (Å²) in [5.41, 5.74) is 2.01. The highest BCUT2D eigenvalue weighted by molar-refractivity contribution is 5.83. The fourth-order valence-corrected chi connectivity index (χ4v) is 1.69. The number of furan rings is 1. The van der Waals surface area contributed by atoms with E-state index >= 15 is 0 Å². The van der Waals surface area contributed by atoms with Crippen molar-refractivity contribution in [3.05, 3.63) is 54.3 Å². The van der Waals surface area contributed by atoms with Crippen LogP contribution in [0.3, 0.4) is 0 Å². The minimum absolute atomic E-state index is 0.895. The molecule has 0 spiro atoms. The minimum Gasteiger partial charge on any atom is -0.456 e. The molecule has 0 unspecified atom stereocenters. The fraction of sp³-hybridized carbons (Fsp3) is 0.0769. The molecule has 0 saturated heterocycles. The van der Waals surface area contributed by atoms with Gasteiger partial charge in [0.05, 0.1) is 0 Å². The van der Waals surface area contributed by atoms with Gasteiger partial charge in [-0.3, -0.25) is 0 Å². The molecule has 14 heavy (non-hydrogen) atoms. The number of fused-ring (bicyclic) bond motifs is 1. The number of allylic oxidation sites excluding steroid dienone is 4. The summed E-state index contributed by atoms with van der Waals surface area (Å²) in [6, 6.07) is 10.1. The van der Waals surface area contributed by atoms with Gasteiger partial charge in [-0.2, -0.15) is 0 Å². The molecule has 0 N–H and O–H groups in total. The van der Waals surface area contributed by atoms with Gasteiger partial charge in [-0.05, 0) is 24.6 Å². The van der Waals surface area contributed by atoms with Crippen molar-refractivity contribution in [3.8, 4) is 0 Å². The molecular formula is C13H9O. The molecule has 67 valence electrons. The standard InChI is InChI=1S/C13H9O/c1-2-6-10(5-1)13-9-11-7-3-4-8-12(11)14-13/h1,3-5,7-9H,2H2. The second-order valence-corrected chi connectivity index (χ2v) is 3.35. The van der Waals surface area contributed by atoms with E-state index in [0.29, 0.717) is 0 Å². The molecule has 1 aliphatic carbocycles. The number of rotatable bonds is 1. The second-order valence-electron chi connectivity index (χ2n) is 3.35. The quantitative estimate of drug-likeness (QED) is 0.655. The summed E-state index contributed by atoms with van der Waals surface area (Å²) in [7, 11) is 0. The summed E-state index contributed by atoms with van der Waals surface area (Å²) in [5.74, 6) is 0.917. The Kier molecular flexibility index (Phi) is 1.57. The zero-order chi connectivity index (χ0) is 9.38. The summed E-state index contributed by atoms with van der Waals surface area (Å²) in [4.78, 5) is 0. The van der Waals surface area contributed by atoms with Gasteiger partial charge in [0.25, 0.3) is 0 Å². The molecule has 3 rings (SSSR count). The molecule has 1 heterocycles. The predicted octanol–water partition coefficient (Wildman–Crippen LogP) is 3.58. The molecule has 1 radical (unpaired) electrons. The molecule has 1 nitrogen and oxygen atoms in total. The maximum atomic E-state index is 5.70. The fourth-order valence-electron chi connectivity index (χ4n) is 1.69. The molecule has 0 saturated carbocycles. The normalized spacial score (nSPS) is 15.0. The Bertz CT molecular complexity index is 496. The lowest BCUT2D eigenvalue weighted by atomic mass is 10.2. The van der Waals surface area contributed by atoms with Crippen molar-refractivity contribution in [1.82, 2.24) is 0 Å². The van der Waals surface area contributed by atoms with Crippen LogP contribution in [0.1, 0.15) is 12.2 Å². The van der Waals surface area contributed by atoms with Crippen molar-refractivity contribution >= 4 is 16.5 Å². The van der Waals surface area contributed by atoms with Gasteiger partial charge >= 0.3 is 0 Å². The highest BCUT2D eigenvalue weighted by atomic mass is 16.3. The van der Waals surface area contributed by atoms with E-state index in [1.54, 1.807) is 0 Å². The highest BCUT2D eigenvalue weighted by Crippen LogP contribution is 2.27. The van der Waals surface area contributed by atoms with Crippen molar-refractivity contribution in [1.29, 1.82) is 0 Å². The zero-order valence-electron chi connectivity index (χ0n) is 7.66. The van der Waals surface area contributed by atoms with Crippen molar-refractivity contribution in [3.63, 3.8) is 0 Å². The lowest BCUT2D eigenvalue weighted by Gasteiger charge is -1.89. The van der Waals surface area contributed by atoms with Crippen LogP contribution in [-0.4, -0.2) is 0 Å². The van der Waals surface area contributed by atoms with Gasteiger partial charge in [0, 0.05) is 11.0 Å². The third-order valence-corrected chi connectivity index (χ3v) is 2.39. The van der Waals surface area contributed by atoms with Gasteiger partial charge in [-0.25, -0.2) is 0 Å². The summed E-state index contributed by atoms with van der Waals surface area (Å²) in [5, 5.41) is 1.15. The lowest BCUT2D eigenvalue weighted by Crippen LogP contribution is -1.70. The van der Waals surface area contributed by atoms with Crippen LogP contribution in [-0.2, 0) is 0 Å². The van der Waals surface area contributed by atoms with E-state index < -0.39 is 0 Å². The molecule has 1 aliphatic rings. The SMILES string of the molecule is [C]1=C(c2cc3ccccc3o2)C=CC1. The van der Waals surface area contributed by atoms with Crippen molar-refractivity contribution < 1.29 is 4.42 Å². The molecule has 1 heteroatoms. The van der Waals surface area contributed by atoms with E-state index in [2.05, 4.69) is 30.4 Å². The molecule has 0 bridgehead atoms. The molecule has 0 amide bonds. The predicted molar refractivity (Wildman–Crippen MR) is 56.6 cm³/mol. The maximum Gasteiger partial charge on any atom is 0.135 e. The first-order chi connectivity index (χ1) is 6.93. The number of hydrogen-bond donors (Lipinski definition) is 0. The van der Waals surface area contributed by atoms with Gasteiger partial charge in [0.15, 0.2) is 0 Å². The third-order valence-electron chi connectivity index (χ3n) is 2.39. The van der Waals surface area contributed by atoms with E-state index in [-0.39, 0.29) is 0 Å². The maximum absolute atomic E-state index is 5.70. The van der Waals surface area contributed by atoms with Crippen LogP contribution >= 0.6 is 0 Å². The van der Waals surface area contributed by atoms with Crippen LogP contribution in [0.5, 0.6) is 0 Å². The van der Waals surface area contributed by atoms with Crippen LogP contribution in [0.25, 0.3) is 16.5 Å². The Morgan fingerprint density at radius 1 is 1.21 bits per heavy atom. The summed E-state index contributed by atoms with van der Waals surface area (Å²) >= 11 is 0. The van der Waals surface area contributed by atoms with Crippen LogP contribution < -0.4 is 0 Å². The van der Waals surface area contributed by atoms with Gasteiger partial charge in [-0.15, -0.1) is 0 Å². The van der Waals surface area contributed by atoms with Gasteiger partial charge in [0.1, 0.15) is 11.3 Å². The third kappa shape index (κ3) is 1.10. The number of hydrogen-bond acceptors (Lipinski definition) is 1. The smallest absolute Gasteiger partial charge is 0.135 e. The molecule has 0 fully saturated rings. The molecule has 0 aliphatic heterocycles. The summed E-state index contributed by atoms with van der Waals surface area (Å²) < 4.78 is 5.70. The van der Waals surface area contributed by atoms with Crippen LogP contribution in [0.15, 0.2) is 46.9 Å². The van der Waals surface area contributed by atoms with E-state index in [0.717, 1.165) is 28.7 Å². The van der Waals surface area contributed by atoms with Gasteiger partial charge in [-0.1, -0.05) is 30.4 Å². The number of para-hydroxylation sites is 1. The van der Waals surface area contributed by atoms with Gasteiger partial charge < -0.3 is 4.42 Å². The van der Waals surface area contributed by atoms with Crippen LogP contribution in [0.2, 0.25) is 0 Å². The molecule has 0 atom stereocenters. The molecule has 1 aromatic heterocycles. The molecule has 1 aromatic carbocycles. The Morgan fingerprint density at radius 2 is 2.14 bits per heavy atom. The van der Waals surface area contributed by atoms with E-state index in [1.807, 2.05) is 18.2 Å². The minimum atomic E-state index is 0.895. The first kappa shape index (κ1) is 7.63. The average molecular weight is 181 g/mol. The van der Waals surface area contributed by atoms with Crippen LogP contribution in [0.4, 0.5) is 0 Å². The van der Waals surface area contributed by atoms with Crippen molar-refractivity contribution in [2.75, 3.05) is 0 Å². The van der Waals surface area contributed by atoms with Crippen LogP contribution in [0, 0.1) is 6.08 Å². The van der Waals surface area contributed by atoms with E-state index in [9.17, 15) is 0 Å². The highest BCUT2D eigenvalue weighted by Gasteiger charge is 2.07. The largest absolute Gasteiger partial charge is 0.456 e. The Morgan fingerprint density at radius 3 is 2.93 bits per heavy atom. The Balaban J connectivity index is 2.19. The van der Waals surface area contributed by atoms with Crippen molar-refractivity contribution in [2.45, 2.75) is 6.42 Å². The van der Waals surface area contributed by atoms with E-state index in [1.165, 1.54) is 0 Å². The monoisotopic (exact) mass is 181 g/mol. The molecule has 2 aromatic rings. The first-order valence-electron chi connectivity index (χ1n) is 4.70. The summed E-state index contributed by atoms with van der Waals surface area (Å²) in [6.45, 7) is 0. The average Bonchev–Trinajstić information content (AvgIpc) is 2.86. The molecular weight excluding hydrogens is 172 g/mol. The number of benzene rings is 1. The Labute approximate surface area is 82.3 Å². The first-order valence-corrected chi connectivity index (χ1v) is 4.70. The van der Waals surface area contributed by atoms with Crippen molar-refractivity contribution in [2.24, 2.45) is 0 Å². The second kappa shape index (κ2) is 2.88. The van der Waals surface area contributed by atoms with E-state index in [4.69, 9.17) is 4.42 Å². The lowest BCUT2D eigenvalue weighted by molar-refractivity contribution is 0.601. The Hall–Kier alpha value is -1.76. The van der Waals surface area contributed by atoms with Gasteiger partial charge in [0.2, 0.25) is 0 Å². The topological polar surface area (TPSA) is 13.1 Å².